The quantitative estimate of drug-likeness (QED) is 0.605. The molecule has 5 heteroatoms. The Hall–Kier alpha value is -2.69. The van der Waals surface area contributed by atoms with Gasteiger partial charge in [-0.25, -0.2) is 0 Å². The summed E-state index contributed by atoms with van der Waals surface area (Å²) < 4.78 is 16.5. The van der Waals surface area contributed by atoms with E-state index in [1.165, 1.54) is 44.1 Å². The number of nitrogens with one attached hydrogen (secondary N) is 1. The van der Waals surface area contributed by atoms with Crippen molar-refractivity contribution in [2.75, 3.05) is 27.9 Å². The summed E-state index contributed by atoms with van der Waals surface area (Å²) in [5, 5.41) is 3.10. The number of carbonyl (C=O) groups excluding carboxylic acids is 1. The Bertz CT molecular complexity index is 995. The first-order valence-corrected chi connectivity index (χ1v) is 12.2. The van der Waals surface area contributed by atoms with Gasteiger partial charge in [0.05, 0.1) is 21.3 Å². The third-order valence-electron chi connectivity index (χ3n) is 8.22. The molecule has 0 aliphatic heterocycles. The van der Waals surface area contributed by atoms with Crippen molar-refractivity contribution in [2.24, 2.45) is 17.8 Å². The predicted molar refractivity (Wildman–Crippen MR) is 128 cm³/mol. The maximum Gasteiger partial charge on any atom is 0.251 e. The molecule has 33 heavy (non-hydrogen) atoms. The number of carbonyl (C=O) groups is 1. The second-order valence-corrected chi connectivity index (χ2v) is 10.3. The maximum atomic E-state index is 13.0. The van der Waals surface area contributed by atoms with E-state index in [0.717, 1.165) is 41.1 Å². The van der Waals surface area contributed by atoms with E-state index in [4.69, 9.17) is 14.2 Å². The van der Waals surface area contributed by atoms with E-state index in [1.807, 2.05) is 30.3 Å². The predicted octanol–water partition coefficient (Wildman–Crippen LogP) is 5.15. The van der Waals surface area contributed by atoms with Gasteiger partial charge in [-0.3, -0.25) is 4.79 Å². The van der Waals surface area contributed by atoms with E-state index in [0.29, 0.717) is 18.0 Å². The molecule has 4 saturated carbocycles. The third kappa shape index (κ3) is 4.18. The summed E-state index contributed by atoms with van der Waals surface area (Å²) in [6.45, 7) is 0.563. The van der Waals surface area contributed by atoms with Gasteiger partial charge in [-0.15, -0.1) is 0 Å². The van der Waals surface area contributed by atoms with Crippen LogP contribution in [0, 0.1) is 17.8 Å². The minimum Gasteiger partial charge on any atom is -0.496 e. The highest BCUT2D eigenvalue weighted by Crippen LogP contribution is 2.61. The Kier molecular flexibility index (Phi) is 5.98. The summed E-state index contributed by atoms with van der Waals surface area (Å²) in [6, 6.07) is 11.9. The van der Waals surface area contributed by atoms with E-state index < -0.39 is 0 Å². The van der Waals surface area contributed by atoms with Gasteiger partial charge in [0.2, 0.25) is 0 Å². The van der Waals surface area contributed by atoms with Gasteiger partial charge in [0, 0.05) is 17.7 Å². The highest BCUT2D eigenvalue weighted by atomic mass is 16.5. The molecular weight excluding hydrogens is 414 g/mol. The second kappa shape index (κ2) is 8.92. The van der Waals surface area contributed by atoms with E-state index in [1.54, 1.807) is 21.3 Å². The summed E-state index contributed by atoms with van der Waals surface area (Å²) in [5.74, 6) is 4.88. The molecule has 0 aromatic heterocycles. The van der Waals surface area contributed by atoms with Crippen LogP contribution in [-0.2, 0) is 11.8 Å². The summed E-state index contributed by atoms with van der Waals surface area (Å²) in [5.41, 5.74) is 3.28. The molecule has 4 aliphatic rings. The molecule has 5 nitrogen and oxygen atoms in total. The minimum atomic E-state index is -0.0240. The number of hydrogen-bond donors (Lipinski definition) is 1. The largest absolute Gasteiger partial charge is 0.496 e. The lowest BCUT2D eigenvalue weighted by Gasteiger charge is -2.57. The Labute approximate surface area is 196 Å². The van der Waals surface area contributed by atoms with Crippen molar-refractivity contribution in [2.45, 2.75) is 50.4 Å². The van der Waals surface area contributed by atoms with Crippen molar-refractivity contribution >= 4 is 5.91 Å². The SMILES string of the molecule is COc1ccc(CCNC(=O)c2ccc(OC)c(C34CC5CC(CC(C5)C3)C4)c2)cc1OC. The lowest BCUT2D eigenvalue weighted by Crippen LogP contribution is -2.48. The summed E-state index contributed by atoms with van der Waals surface area (Å²) in [4.78, 5) is 13.0. The molecule has 2 aromatic rings. The number of amides is 1. The average Bonchev–Trinajstić information content (AvgIpc) is 2.82. The van der Waals surface area contributed by atoms with Crippen molar-refractivity contribution in [3.8, 4) is 17.2 Å². The highest BCUT2D eigenvalue weighted by Gasteiger charge is 2.52. The zero-order valence-corrected chi connectivity index (χ0v) is 20.0. The van der Waals surface area contributed by atoms with Crippen LogP contribution in [0.15, 0.2) is 36.4 Å². The van der Waals surface area contributed by atoms with Crippen LogP contribution in [0.2, 0.25) is 0 Å². The molecule has 0 atom stereocenters. The smallest absolute Gasteiger partial charge is 0.251 e. The van der Waals surface area contributed by atoms with Crippen LogP contribution in [0.5, 0.6) is 17.2 Å². The molecule has 4 fully saturated rings. The third-order valence-corrected chi connectivity index (χ3v) is 8.22. The van der Waals surface area contributed by atoms with Gasteiger partial charge in [-0.05, 0) is 104 Å². The number of rotatable bonds is 8. The lowest BCUT2D eigenvalue weighted by atomic mass is 9.48. The normalized spacial score (nSPS) is 27.3. The van der Waals surface area contributed by atoms with Crippen molar-refractivity contribution in [1.29, 1.82) is 0 Å². The zero-order valence-electron chi connectivity index (χ0n) is 20.0. The highest BCUT2D eigenvalue weighted by molar-refractivity contribution is 5.94. The van der Waals surface area contributed by atoms with Crippen LogP contribution in [0.1, 0.15) is 60.0 Å². The molecule has 4 bridgehead atoms. The van der Waals surface area contributed by atoms with Gasteiger partial charge in [0.15, 0.2) is 11.5 Å². The molecule has 4 aliphatic carbocycles. The molecule has 6 rings (SSSR count). The Morgan fingerprint density at radius 3 is 2.06 bits per heavy atom. The van der Waals surface area contributed by atoms with E-state index in [9.17, 15) is 4.79 Å². The molecule has 1 N–H and O–H groups in total. The molecule has 0 radical (unpaired) electrons. The standard InChI is InChI=1S/C28H35NO4/c1-31-24-7-5-22(14-23(24)28-15-19-10-20(16-28)12-21(11-19)17-28)27(30)29-9-8-18-4-6-25(32-2)26(13-18)33-3/h4-7,13-14,19-21H,8-12,15-17H2,1-3H3,(H,29,30). The van der Waals surface area contributed by atoms with Crippen LogP contribution >= 0.6 is 0 Å². The Morgan fingerprint density at radius 1 is 0.848 bits per heavy atom. The molecule has 1 amide bonds. The first-order valence-electron chi connectivity index (χ1n) is 12.2. The monoisotopic (exact) mass is 449 g/mol. The molecular formula is C28H35NO4. The van der Waals surface area contributed by atoms with Gasteiger partial charge in [-0.1, -0.05) is 6.07 Å². The summed E-state index contributed by atoms with van der Waals surface area (Å²) >= 11 is 0. The van der Waals surface area contributed by atoms with Crippen LogP contribution in [0.3, 0.4) is 0 Å². The minimum absolute atomic E-state index is 0.0240. The maximum absolute atomic E-state index is 13.0. The first kappa shape index (κ1) is 22.1. The van der Waals surface area contributed by atoms with Crippen LogP contribution in [0.4, 0.5) is 0 Å². The molecule has 0 saturated heterocycles. The lowest BCUT2D eigenvalue weighted by molar-refractivity contribution is -0.00617. The molecule has 0 spiro atoms. The van der Waals surface area contributed by atoms with Gasteiger partial charge in [0.1, 0.15) is 5.75 Å². The fourth-order valence-electron chi connectivity index (χ4n) is 7.16. The first-order chi connectivity index (χ1) is 16.0. The van der Waals surface area contributed by atoms with Crippen molar-refractivity contribution < 1.29 is 19.0 Å². The molecule has 2 aromatic carbocycles. The Morgan fingerprint density at radius 2 is 1.45 bits per heavy atom. The second-order valence-electron chi connectivity index (χ2n) is 10.3. The van der Waals surface area contributed by atoms with Gasteiger partial charge in [-0.2, -0.15) is 0 Å². The molecule has 176 valence electrons. The number of benzene rings is 2. The molecule has 0 unspecified atom stereocenters. The summed E-state index contributed by atoms with van der Waals surface area (Å²) in [6.07, 6.45) is 8.68. The van der Waals surface area contributed by atoms with Gasteiger partial charge in [0.25, 0.3) is 5.91 Å². The molecule has 0 heterocycles. The number of ether oxygens (including phenoxy) is 3. The average molecular weight is 450 g/mol. The van der Waals surface area contributed by atoms with E-state index in [-0.39, 0.29) is 11.3 Å². The van der Waals surface area contributed by atoms with Gasteiger partial charge < -0.3 is 19.5 Å². The van der Waals surface area contributed by atoms with Crippen molar-refractivity contribution in [3.05, 3.63) is 53.1 Å². The van der Waals surface area contributed by atoms with Crippen molar-refractivity contribution in [1.82, 2.24) is 5.32 Å². The topological polar surface area (TPSA) is 56.8 Å². The summed E-state index contributed by atoms with van der Waals surface area (Å²) in [7, 11) is 5.01. The van der Waals surface area contributed by atoms with Crippen molar-refractivity contribution in [3.63, 3.8) is 0 Å². The van der Waals surface area contributed by atoms with Crippen LogP contribution in [0.25, 0.3) is 0 Å². The van der Waals surface area contributed by atoms with Crippen LogP contribution in [-0.4, -0.2) is 33.8 Å². The fraction of sp³-hybridized carbons (Fsp3) is 0.536. The Balaban J connectivity index is 1.30. The van der Waals surface area contributed by atoms with E-state index in [2.05, 4.69) is 11.4 Å². The zero-order chi connectivity index (χ0) is 23.0. The van der Waals surface area contributed by atoms with Crippen LogP contribution < -0.4 is 19.5 Å². The van der Waals surface area contributed by atoms with Gasteiger partial charge >= 0.3 is 0 Å². The van der Waals surface area contributed by atoms with E-state index >= 15 is 0 Å². The number of hydrogen-bond acceptors (Lipinski definition) is 4. The number of methoxy groups -OCH3 is 3. The fourth-order valence-corrected chi connectivity index (χ4v) is 7.16.